The summed E-state index contributed by atoms with van der Waals surface area (Å²) in [5.41, 5.74) is 3.25. The average molecular weight is 272 g/mol. The maximum absolute atomic E-state index is 11.0. The van der Waals surface area contributed by atoms with E-state index in [0.717, 1.165) is 54.6 Å². The number of carboxylic acids is 1. The van der Waals surface area contributed by atoms with Crippen molar-refractivity contribution in [3.8, 4) is 5.75 Å². The SMILES string of the molecule is O=C(O)C1CC1Cc1coc2ccc3c(c12)CCCO3. The Hall–Kier alpha value is -1.97. The van der Waals surface area contributed by atoms with Crippen LogP contribution in [0.15, 0.2) is 22.8 Å². The molecular weight excluding hydrogens is 256 g/mol. The number of furan rings is 1. The van der Waals surface area contributed by atoms with Crippen LogP contribution in [0.25, 0.3) is 11.0 Å². The molecule has 4 heteroatoms. The van der Waals surface area contributed by atoms with Crippen LogP contribution in [0.2, 0.25) is 0 Å². The number of fused-ring (bicyclic) bond motifs is 3. The molecule has 4 nitrogen and oxygen atoms in total. The van der Waals surface area contributed by atoms with E-state index in [-0.39, 0.29) is 11.8 Å². The first-order chi connectivity index (χ1) is 9.74. The quantitative estimate of drug-likeness (QED) is 0.933. The zero-order valence-electron chi connectivity index (χ0n) is 11.1. The van der Waals surface area contributed by atoms with Gasteiger partial charge in [0, 0.05) is 10.9 Å². The fourth-order valence-corrected chi connectivity index (χ4v) is 3.27. The number of hydrogen-bond acceptors (Lipinski definition) is 3. The molecule has 1 aliphatic carbocycles. The molecule has 1 aromatic carbocycles. The topological polar surface area (TPSA) is 59.7 Å². The van der Waals surface area contributed by atoms with Gasteiger partial charge in [0.15, 0.2) is 0 Å². The molecule has 1 fully saturated rings. The molecule has 2 atom stereocenters. The van der Waals surface area contributed by atoms with Gasteiger partial charge in [0.1, 0.15) is 11.3 Å². The molecule has 0 amide bonds. The molecule has 4 rings (SSSR count). The number of aryl methyl sites for hydroxylation is 1. The number of hydrogen-bond donors (Lipinski definition) is 1. The molecule has 20 heavy (non-hydrogen) atoms. The standard InChI is InChI=1S/C16H16O4/c17-16(18)12-7-9(12)6-10-8-20-14-4-3-13-11(15(10)14)2-1-5-19-13/h3-4,8-9,12H,1-2,5-7H2,(H,17,18). The van der Waals surface area contributed by atoms with Crippen molar-refractivity contribution in [3.05, 3.63) is 29.5 Å². The van der Waals surface area contributed by atoms with E-state index in [1.165, 1.54) is 5.56 Å². The van der Waals surface area contributed by atoms with Crippen molar-refractivity contribution in [2.45, 2.75) is 25.7 Å². The Labute approximate surface area is 116 Å². The maximum Gasteiger partial charge on any atom is 0.306 e. The number of carbonyl (C=O) groups is 1. The van der Waals surface area contributed by atoms with E-state index in [1.54, 1.807) is 6.26 Å². The van der Waals surface area contributed by atoms with Crippen LogP contribution in [-0.2, 0) is 17.6 Å². The largest absolute Gasteiger partial charge is 0.493 e. The Bertz CT molecular complexity index is 685. The van der Waals surface area contributed by atoms with Crippen molar-refractivity contribution < 1.29 is 19.1 Å². The van der Waals surface area contributed by atoms with E-state index in [1.807, 2.05) is 12.1 Å². The number of ether oxygens (including phenoxy) is 1. The molecule has 0 bridgehead atoms. The minimum absolute atomic E-state index is 0.171. The second-order valence-corrected chi connectivity index (χ2v) is 5.77. The van der Waals surface area contributed by atoms with Crippen LogP contribution < -0.4 is 4.74 Å². The highest BCUT2D eigenvalue weighted by atomic mass is 16.5. The molecule has 2 unspecified atom stereocenters. The number of benzene rings is 1. The minimum atomic E-state index is -0.673. The van der Waals surface area contributed by atoms with E-state index in [0.29, 0.717) is 0 Å². The summed E-state index contributed by atoms with van der Waals surface area (Å²) in [4.78, 5) is 11.0. The third-order valence-electron chi connectivity index (χ3n) is 4.43. The van der Waals surface area contributed by atoms with Gasteiger partial charge in [-0.15, -0.1) is 0 Å². The summed E-state index contributed by atoms with van der Waals surface area (Å²) < 4.78 is 11.3. The molecule has 1 saturated carbocycles. The van der Waals surface area contributed by atoms with Gasteiger partial charge in [-0.25, -0.2) is 0 Å². The van der Waals surface area contributed by atoms with E-state index in [2.05, 4.69) is 0 Å². The minimum Gasteiger partial charge on any atom is -0.493 e. The lowest BCUT2D eigenvalue weighted by Crippen LogP contribution is -2.09. The van der Waals surface area contributed by atoms with Crippen LogP contribution in [0.4, 0.5) is 0 Å². The lowest BCUT2D eigenvalue weighted by atomic mass is 9.97. The highest BCUT2D eigenvalue weighted by molar-refractivity contribution is 5.87. The molecule has 2 heterocycles. The van der Waals surface area contributed by atoms with Crippen molar-refractivity contribution >= 4 is 16.9 Å². The first kappa shape index (κ1) is 11.8. The Morgan fingerprint density at radius 2 is 2.30 bits per heavy atom. The van der Waals surface area contributed by atoms with Crippen LogP contribution in [0, 0.1) is 11.8 Å². The molecule has 104 valence electrons. The number of rotatable bonds is 3. The van der Waals surface area contributed by atoms with Gasteiger partial charge >= 0.3 is 5.97 Å². The van der Waals surface area contributed by atoms with Crippen molar-refractivity contribution in [1.29, 1.82) is 0 Å². The third-order valence-corrected chi connectivity index (χ3v) is 4.43. The fraction of sp³-hybridized carbons (Fsp3) is 0.438. The monoisotopic (exact) mass is 272 g/mol. The molecule has 1 N–H and O–H groups in total. The molecule has 1 aliphatic heterocycles. The molecular formula is C16H16O4. The van der Waals surface area contributed by atoms with Crippen molar-refractivity contribution in [2.75, 3.05) is 6.61 Å². The summed E-state index contributed by atoms with van der Waals surface area (Å²) >= 11 is 0. The van der Waals surface area contributed by atoms with Crippen molar-refractivity contribution in [2.24, 2.45) is 11.8 Å². The van der Waals surface area contributed by atoms with E-state index in [9.17, 15) is 4.79 Å². The fourth-order valence-electron chi connectivity index (χ4n) is 3.27. The van der Waals surface area contributed by atoms with Gasteiger partial charge in [-0.2, -0.15) is 0 Å². The van der Waals surface area contributed by atoms with Gasteiger partial charge in [-0.1, -0.05) is 0 Å². The smallest absolute Gasteiger partial charge is 0.306 e. The zero-order valence-corrected chi connectivity index (χ0v) is 11.1. The molecule has 0 spiro atoms. The Balaban J connectivity index is 1.71. The Morgan fingerprint density at radius 1 is 1.40 bits per heavy atom. The third kappa shape index (κ3) is 1.79. The van der Waals surface area contributed by atoms with Gasteiger partial charge in [0.25, 0.3) is 0 Å². The number of aliphatic carboxylic acids is 1. The highest BCUT2D eigenvalue weighted by Gasteiger charge is 2.43. The Kier molecular flexibility index (Phi) is 2.52. The zero-order chi connectivity index (χ0) is 13.7. The summed E-state index contributed by atoms with van der Waals surface area (Å²) in [5, 5.41) is 10.2. The van der Waals surface area contributed by atoms with Crippen molar-refractivity contribution in [3.63, 3.8) is 0 Å². The van der Waals surface area contributed by atoms with Gasteiger partial charge in [0.2, 0.25) is 0 Å². The van der Waals surface area contributed by atoms with Crippen molar-refractivity contribution in [1.82, 2.24) is 0 Å². The lowest BCUT2D eigenvalue weighted by Gasteiger charge is -2.18. The molecule has 0 radical (unpaired) electrons. The van der Waals surface area contributed by atoms with E-state index in [4.69, 9.17) is 14.3 Å². The predicted octanol–water partition coefficient (Wildman–Crippen LogP) is 3.02. The van der Waals surface area contributed by atoms with E-state index < -0.39 is 5.97 Å². The second-order valence-electron chi connectivity index (χ2n) is 5.77. The van der Waals surface area contributed by atoms with Crippen LogP contribution >= 0.6 is 0 Å². The lowest BCUT2D eigenvalue weighted by molar-refractivity contribution is -0.138. The second kappa shape index (κ2) is 4.27. The Morgan fingerprint density at radius 3 is 3.10 bits per heavy atom. The van der Waals surface area contributed by atoms with Gasteiger partial charge in [0.05, 0.1) is 18.8 Å². The molecule has 2 aromatic rings. The van der Waals surface area contributed by atoms with Crippen LogP contribution in [-0.4, -0.2) is 17.7 Å². The first-order valence-electron chi connectivity index (χ1n) is 7.11. The maximum atomic E-state index is 11.0. The summed E-state index contributed by atoms with van der Waals surface area (Å²) in [6.45, 7) is 0.773. The predicted molar refractivity (Wildman–Crippen MR) is 73.0 cm³/mol. The highest BCUT2D eigenvalue weighted by Crippen LogP contribution is 2.44. The summed E-state index contributed by atoms with van der Waals surface area (Å²) in [6, 6.07) is 3.92. The van der Waals surface area contributed by atoms with Gasteiger partial charge < -0.3 is 14.3 Å². The van der Waals surface area contributed by atoms with Crippen LogP contribution in [0.5, 0.6) is 5.75 Å². The average Bonchev–Trinajstić information content (AvgIpc) is 3.11. The summed E-state index contributed by atoms with van der Waals surface area (Å²) in [7, 11) is 0. The normalized spacial score (nSPS) is 24.2. The van der Waals surface area contributed by atoms with Gasteiger partial charge in [-0.3, -0.25) is 4.79 Å². The molecule has 1 aromatic heterocycles. The molecule has 0 saturated heterocycles. The van der Waals surface area contributed by atoms with Crippen LogP contribution in [0.1, 0.15) is 24.0 Å². The first-order valence-corrected chi connectivity index (χ1v) is 7.11. The summed E-state index contributed by atoms with van der Waals surface area (Å²) in [6.07, 6.45) is 5.40. The molecule has 2 aliphatic rings. The van der Waals surface area contributed by atoms with E-state index >= 15 is 0 Å². The summed E-state index contributed by atoms with van der Waals surface area (Å²) in [5.74, 6) is 0.370. The van der Waals surface area contributed by atoms with Gasteiger partial charge in [-0.05, 0) is 49.3 Å². The number of carboxylic acid groups (broad SMARTS) is 1. The van der Waals surface area contributed by atoms with Crippen LogP contribution in [0.3, 0.4) is 0 Å².